The van der Waals surface area contributed by atoms with E-state index in [9.17, 15) is 14.9 Å². The predicted molar refractivity (Wildman–Crippen MR) is 107 cm³/mol. The van der Waals surface area contributed by atoms with Crippen molar-refractivity contribution in [2.75, 3.05) is 4.90 Å². The molecule has 0 saturated carbocycles. The lowest BCUT2D eigenvalue weighted by molar-refractivity contribution is -0.117. The first kappa shape index (κ1) is 19.0. The van der Waals surface area contributed by atoms with Crippen LogP contribution in [-0.4, -0.2) is 17.1 Å². The molecular weight excluding hydrogens is 382 g/mol. The fraction of sp³-hybridized carbons (Fsp3) is 0.150. The van der Waals surface area contributed by atoms with Crippen LogP contribution >= 0.6 is 23.4 Å². The average Bonchev–Trinajstić information content (AvgIpc) is 2.95. The molecule has 27 heavy (non-hydrogen) atoms. The molecule has 1 aliphatic heterocycles. The van der Waals surface area contributed by atoms with E-state index in [1.807, 2.05) is 37.3 Å². The molecule has 0 aromatic heterocycles. The lowest BCUT2D eigenvalue weighted by Crippen LogP contribution is -2.31. The van der Waals surface area contributed by atoms with Crippen molar-refractivity contribution in [1.82, 2.24) is 0 Å². The normalized spacial score (nSPS) is 18.3. The number of carbonyl (C=O) groups excluding carboxylic acids is 2. The van der Waals surface area contributed by atoms with E-state index in [2.05, 4.69) is 0 Å². The topological polar surface area (TPSA) is 87.2 Å². The smallest absolute Gasteiger partial charge is 0.262 e. The maximum absolute atomic E-state index is 13.1. The van der Waals surface area contributed by atoms with Crippen molar-refractivity contribution in [3.8, 4) is 6.07 Å². The van der Waals surface area contributed by atoms with Crippen LogP contribution < -0.4 is 10.6 Å². The van der Waals surface area contributed by atoms with Crippen LogP contribution in [-0.2, 0) is 16.0 Å². The van der Waals surface area contributed by atoms with Crippen molar-refractivity contribution in [3.05, 3.63) is 75.3 Å². The van der Waals surface area contributed by atoms with Crippen LogP contribution in [0.2, 0.25) is 5.02 Å². The molecule has 136 valence electrons. The molecule has 2 amide bonds. The first-order valence-corrected chi connectivity index (χ1v) is 9.43. The first-order chi connectivity index (χ1) is 12.9. The van der Waals surface area contributed by atoms with Crippen molar-refractivity contribution in [2.45, 2.75) is 18.6 Å². The molecule has 0 unspecified atom stereocenters. The molecule has 1 saturated heterocycles. The van der Waals surface area contributed by atoms with Gasteiger partial charge in [0.2, 0.25) is 5.91 Å². The largest absolute Gasteiger partial charge is 0.365 e. The zero-order chi connectivity index (χ0) is 19.6. The lowest BCUT2D eigenvalue weighted by Gasteiger charge is -2.18. The summed E-state index contributed by atoms with van der Waals surface area (Å²) in [6, 6.07) is 16.4. The van der Waals surface area contributed by atoms with E-state index in [0.717, 1.165) is 11.1 Å². The van der Waals surface area contributed by atoms with E-state index < -0.39 is 11.2 Å². The third-order valence-electron chi connectivity index (χ3n) is 4.20. The molecule has 1 aliphatic rings. The Morgan fingerprint density at radius 2 is 2.00 bits per heavy atom. The summed E-state index contributed by atoms with van der Waals surface area (Å²) in [7, 11) is 0. The number of anilines is 1. The third-order valence-corrected chi connectivity index (χ3v) is 5.87. The molecule has 2 aromatic carbocycles. The molecular formula is C20H16ClN3O2S. The van der Waals surface area contributed by atoms with Crippen LogP contribution in [0.4, 0.5) is 5.69 Å². The predicted octanol–water partition coefficient (Wildman–Crippen LogP) is 3.56. The van der Waals surface area contributed by atoms with Crippen molar-refractivity contribution >= 4 is 40.9 Å². The Labute approximate surface area is 166 Å². The average molecular weight is 398 g/mol. The molecule has 3 rings (SSSR count). The SMILES string of the molecule is Cc1ccc(C[C@H]2S/C(=C(/C#N)C(N)=O)N(c3ccccc3)C2=O)cc1Cl. The third kappa shape index (κ3) is 3.85. The van der Waals surface area contributed by atoms with Gasteiger partial charge in [0.25, 0.3) is 5.91 Å². The molecule has 0 radical (unpaired) electrons. The molecule has 7 heteroatoms. The van der Waals surface area contributed by atoms with Crippen LogP contribution in [0.25, 0.3) is 0 Å². The summed E-state index contributed by atoms with van der Waals surface area (Å²) in [5.41, 5.74) is 7.59. The van der Waals surface area contributed by atoms with Crippen LogP contribution in [0.5, 0.6) is 0 Å². The van der Waals surface area contributed by atoms with Crippen molar-refractivity contribution in [1.29, 1.82) is 5.26 Å². The lowest BCUT2D eigenvalue weighted by atomic mass is 10.1. The molecule has 2 N–H and O–H groups in total. The molecule has 1 heterocycles. The van der Waals surface area contributed by atoms with E-state index in [-0.39, 0.29) is 16.5 Å². The number of benzene rings is 2. The van der Waals surface area contributed by atoms with Crippen LogP contribution in [0.1, 0.15) is 11.1 Å². The van der Waals surface area contributed by atoms with Gasteiger partial charge in [-0.15, -0.1) is 0 Å². The molecule has 5 nitrogen and oxygen atoms in total. The second-order valence-corrected chi connectivity index (χ2v) is 7.66. The number of nitriles is 1. The monoisotopic (exact) mass is 397 g/mol. The minimum Gasteiger partial charge on any atom is -0.365 e. The van der Waals surface area contributed by atoms with E-state index in [1.54, 1.807) is 24.3 Å². The van der Waals surface area contributed by atoms with Gasteiger partial charge in [0.1, 0.15) is 16.7 Å². The highest BCUT2D eigenvalue weighted by molar-refractivity contribution is 8.05. The number of halogens is 1. The summed E-state index contributed by atoms with van der Waals surface area (Å²) in [5.74, 6) is -1.06. The second kappa shape index (κ2) is 7.87. The number of para-hydroxylation sites is 1. The van der Waals surface area contributed by atoms with Crippen LogP contribution in [0.3, 0.4) is 0 Å². The highest BCUT2D eigenvalue weighted by Crippen LogP contribution is 2.41. The van der Waals surface area contributed by atoms with E-state index in [4.69, 9.17) is 17.3 Å². The minimum atomic E-state index is -0.854. The Bertz CT molecular complexity index is 982. The summed E-state index contributed by atoms with van der Waals surface area (Å²) in [6.45, 7) is 1.91. The summed E-state index contributed by atoms with van der Waals surface area (Å²) in [4.78, 5) is 26.2. The van der Waals surface area contributed by atoms with E-state index in [0.29, 0.717) is 17.1 Å². The zero-order valence-electron chi connectivity index (χ0n) is 14.5. The van der Waals surface area contributed by atoms with Gasteiger partial charge in [-0.1, -0.05) is 53.7 Å². The van der Waals surface area contributed by atoms with E-state index >= 15 is 0 Å². The quantitative estimate of drug-likeness (QED) is 0.631. The Kier molecular flexibility index (Phi) is 5.54. The van der Waals surface area contributed by atoms with Gasteiger partial charge in [-0.3, -0.25) is 14.5 Å². The van der Waals surface area contributed by atoms with Crippen molar-refractivity contribution in [2.24, 2.45) is 5.73 Å². The van der Waals surface area contributed by atoms with Crippen molar-refractivity contribution in [3.63, 3.8) is 0 Å². The van der Waals surface area contributed by atoms with Gasteiger partial charge < -0.3 is 5.73 Å². The number of rotatable bonds is 4. The Morgan fingerprint density at radius 3 is 2.59 bits per heavy atom. The number of primary amides is 1. The number of aryl methyl sites for hydroxylation is 1. The van der Waals surface area contributed by atoms with Gasteiger partial charge >= 0.3 is 0 Å². The fourth-order valence-electron chi connectivity index (χ4n) is 2.79. The summed E-state index contributed by atoms with van der Waals surface area (Å²) in [6.07, 6.45) is 0.424. The molecule has 2 aromatic rings. The summed E-state index contributed by atoms with van der Waals surface area (Å²) in [5, 5.41) is 9.79. The van der Waals surface area contributed by atoms with Gasteiger partial charge in [-0.25, -0.2) is 0 Å². The van der Waals surface area contributed by atoms with Gasteiger partial charge in [0.15, 0.2) is 0 Å². The Morgan fingerprint density at radius 1 is 1.30 bits per heavy atom. The minimum absolute atomic E-state index is 0.202. The highest BCUT2D eigenvalue weighted by atomic mass is 35.5. The maximum Gasteiger partial charge on any atom is 0.262 e. The maximum atomic E-state index is 13.1. The molecule has 1 fully saturated rings. The van der Waals surface area contributed by atoms with E-state index in [1.165, 1.54) is 16.7 Å². The van der Waals surface area contributed by atoms with Crippen LogP contribution in [0, 0.1) is 18.3 Å². The number of hydrogen-bond donors (Lipinski definition) is 1. The number of nitrogens with two attached hydrogens (primary N) is 1. The van der Waals surface area contributed by atoms with Gasteiger partial charge in [-0.2, -0.15) is 5.26 Å². The van der Waals surface area contributed by atoms with Gasteiger partial charge in [-0.05, 0) is 42.7 Å². The number of nitrogens with zero attached hydrogens (tertiary/aromatic N) is 2. The highest BCUT2D eigenvalue weighted by Gasteiger charge is 2.40. The molecule has 0 spiro atoms. The molecule has 0 aliphatic carbocycles. The number of hydrogen-bond acceptors (Lipinski definition) is 4. The summed E-state index contributed by atoms with van der Waals surface area (Å²) < 4.78 is 0. The van der Waals surface area contributed by atoms with Gasteiger partial charge in [0.05, 0.1) is 5.25 Å². The molecule has 1 atom stereocenters. The number of carbonyl (C=O) groups is 2. The Balaban J connectivity index is 2.01. The zero-order valence-corrected chi connectivity index (χ0v) is 16.1. The van der Waals surface area contributed by atoms with Crippen molar-refractivity contribution < 1.29 is 9.59 Å². The fourth-order valence-corrected chi connectivity index (χ4v) is 4.31. The Hall–Kier alpha value is -2.75. The number of amides is 2. The first-order valence-electron chi connectivity index (χ1n) is 8.17. The van der Waals surface area contributed by atoms with Crippen LogP contribution in [0.15, 0.2) is 59.1 Å². The number of thioether (sulfide) groups is 1. The standard InChI is InChI=1S/C20H16ClN3O2S/c1-12-7-8-13(9-16(12)21)10-17-19(26)24(14-5-3-2-4-6-14)20(27-17)15(11-22)18(23)25/h2-9,17H,10H2,1H3,(H2,23,25)/b20-15-/t17-/m1/s1. The summed E-state index contributed by atoms with van der Waals surface area (Å²) >= 11 is 7.36. The molecule has 0 bridgehead atoms. The second-order valence-electron chi connectivity index (χ2n) is 6.06. The van der Waals surface area contributed by atoms with Gasteiger partial charge in [0, 0.05) is 10.7 Å².